The predicted molar refractivity (Wildman–Crippen MR) is 80.6 cm³/mol. The van der Waals surface area contributed by atoms with E-state index in [1.165, 1.54) is 18.9 Å². The molecule has 0 bridgehead atoms. The highest BCUT2D eigenvalue weighted by Gasteiger charge is 2.30. The van der Waals surface area contributed by atoms with E-state index in [1.54, 1.807) is 0 Å². The molecule has 21 heavy (non-hydrogen) atoms. The lowest BCUT2D eigenvalue weighted by atomic mass is 9.88. The molecule has 1 saturated carbocycles. The Kier molecular flexibility index (Phi) is 3.91. The molecule has 0 atom stereocenters. The van der Waals surface area contributed by atoms with Crippen LogP contribution in [0, 0.1) is 17.0 Å². The van der Waals surface area contributed by atoms with E-state index in [4.69, 9.17) is 11.6 Å². The Labute approximate surface area is 128 Å². The Morgan fingerprint density at radius 2 is 2.00 bits per heavy atom. The fourth-order valence-electron chi connectivity index (χ4n) is 3.42. The summed E-state index contributed by atoms with van der Waals surface area (Å²) in [6, 6.07) is 2.27. The van der Waals surface area contributed by atoms with Crippen molar-refractivity contribution in [3.63, 3.8) is 0 Å². The molecule has 3 rings (SSSR count). The summed E-state index contributed by atoms with van der Waals surface area (Å²) in [6.45, 7) is 2.99. The van der Waals surface area contributed by atoms with Gasteiger partial charge in [0, 0.05) is 24.9 Å². The van der Waals surface area contributed by atoms with Crippen LogP contribution in [0.2, 0.25) is 0 Å². The molecule has 0 amide bonds. The minimum atomic E-state index is -0.601. The zero-order valence-corrected chi connectivity index (χ0v) is 12.9. The number of aryl methyl sites for hydroxylation is 1. The molecule has 1 aliphatic carbocycles. The lowest BCUT2D eigenvalue weighted by molar-refractivity contribution is 0.282. The van der Waals surface area contributed by atoms with Crippen LogP contribution in [0.5, 0.6) is 0 Å². The zero-order chi connectivity index (χ0) is 15.0. The Bertz CT molecular complexity index is 660. The summed E-state index contributed by atoms with van der Waals surface area (Å²) in [7, 11) is 0. The summed E-state index contributed by atoms with van der Waals surface area (Å²) in [5.41, 5.74) is 0.969. The Morgan fingerprint density at radius 3 is 2.67 bits per heavy atom. The maximum absolute atomic E-state index is 13.9. The van der Waals surface area contributed by atoms with Crippen LogP contribution in [0.4, 0.5) is 8.78 Å². The quantitative estimate of drug-likeness (QED) is 0.750. The molecule has 1 fully saturated rings. The molecule has 2 nitrogen and oxygen atoms in total. The summed E-state index contributed by atoms with van der Waals surface area (Å²) in [5.74, 6) is 0.00774. The normalized spacial score (nSPS) is 17.7. The minimum Gasteiger partial charge on any atom is -0.327 e. The number of benzene rings is 1. The van der Waals surface area contributed by atoms with Gasteiger partial charge in [-0.1, -0.05) is 19.8 Å². The zero-order valence-electron chi connectivity index (χ0n) is 12.1. The standard InChI is InChI=1S/C16H19ClF2N2/c1-16(5-2-3-6-16)10-21-13-9-11(18)8-12(19)15(13)20-14(21)4-7-17/h8-9H,2-7,10H2,1H3. The average molecular weight is 313 g/mol. The number of halogens is 3. The molecule has 1 aliphatic rings. The summed E-state index contributed by atoms with van der Waals surface area (Å²) in [5, 5.41) is 0. The van der Waals surface area contributed by atoms with Gasteiger partial charge in [0.2, 0.25) is 0 Å². The molecular formula is C16H19ClF2N2. The molecule has 0 unspecified atom stereocenters. The lowest BCUT2D eigenvalue weighted by Crippen LogP contribution is -2.21. The highest BCUT2D eigenvalue weighted by Crippen LogP contribution is 2.40. The van der Waals surface area contributed by atoms with Gasteiger partial charge >= 0.3 is 0 Å². The molecule has 0 N–H and O–H groups in total. The monoisotopic (exact) mass is 312 g/mol. The maximum Gasteiger partial charge on any atom is 0.153 e. The molecule has 2 aromatic rings. The van der Waals surface area contributed by atoms with E-state index in [2.05, 4.69) is 11.9 Å². The minimum absolute atomic E-state index is 0.178. The van der Waals surface area contributed by atoms with Crippen molar-refractivity contribution in [2.45, 2.75) is 45.6 Å². The molecule has 5 heteroatoms. The fourth-order valence-corrected chi connectivity index (χ4v) is 3.59. The van der Waals surface area contributed by atoms with Crippen LogP contribution in [0.15, 0.2) is 12.1 Å². The van der Waals surface area contributed by atoms with Gasteiger partial charge < -0.3 is 4.57 Å². The second-order valence-electron chi connectivity index (χ2n) is 6.33. The third-order valence-electron chi connectivity index (χ3n) is 4.52. The van der Waals surface area contributed by atoms with E-state index >= 15 is 0 Å². The number of aromatic nitrogens is 2. The third-order valence-corrected chi connectivity index (χ3v) is 4.71. The second kappa shape index (κ2) is 5.56. The number of hydrogen-bond acceptors (Lipinski definition) is 1. The number of hydrogen-bond donors (Lipinski definition) is 0. The summed E-state index contributed by atoms with van der Waals surface area (Å²) in [4.78, 5) is 4.35. The van der Waals surface area contributed by atoms with E-state index in [-0.39, 0.29) is 10.9 Å². The second-order valence-corrected chi connectivity index (χ2v) is 6.70. The van der Waals surface area contributed by atoms with Gasteiger partial charge in [-0.15, -0.1) is 11.6 Å². The Balaban J connectivity index is 2.11. The SMILES string of the molecule is CC1(Cn2c(CCCl)nc3c(F)cc(F)cc32)CCCC1. The van der Waals surface area contributed by atoms with Crippen molar-refractivity contribution < 1.29 is 8.78 Å². The first-order chi connectivity index (χ1) is 10.0. The van der Waals surface area contributed by atoms with Crippen molar-refractivity contribution in [2.75, 3.05) is 5.88 Å². The van der Waals surface area contributed by atoms with Gasteiger partial charge in [-0.2, -0.15) is 0 Å². The molecule has 0 saturated heterocycles. The Hall–Kier alpha value is -1.16. The number of imidazole rings is 1. The van der Waals surface area contributed by atoms with Crippen LogP contribution in [0.1, 0.15) is 38.4 Å². The largest absolute Gasteiger partial charge is 0.327 e. The van der Waals surface area contributed by atoms with E-state index in [9.17, 15) is 8.78 Å². The summed E-state index contributed by atoms with van der Waals surface area (Å²) in [6.07, 6.45) is 5.29. The Morgan fingerprint density at radius 1 is 1.29 bits per heavy atom. The van der Waals surface area contributed by atoms with Gasteiger partial charge in [0.15, 0.2) is 5.82 Å². The number of alkyl halides is 1. The lowest BCUT2D eigenvalue weighted by Gasteiger charge is -2.25. The molecule has 0 aliphatic heterocycles. The molecule has 1 aromatic heterocycles. The van der Waals surface area contributed by atoms with Gasteiger partial charge in [-0.05, 0) is 24.3 Å². The molecule has 114 valence electrons. The summed E-state index contributed by atoms with van der Waals surface area (Å²) >= 11 is 5.84. The maximum atomic E-state index is 13.9. The summed E-state index contributed by atoms with van der Waals surface area (Å²) < 4.78 is 29.5. The van der Waals surface area contributed by atoms with Crippen LogP contribution in [-0.2, 0) is 13.0 Å². The molecule has 1 heterocycles. The first-order valence-corrected chi connectivity index (χ1v) is 7.96. The predicted octanol–water partition coefficient (Wildman–Crippen LogP) is 4.68. The smallest absolute Gasteiger partial charge is 0.153 e. The van der Waals surface area contributed by atoms with E-state index in [0.717, 1.165) is 31.3 Å². The van der Waals surface area contributed by atoms with Gasteiger partial charge in [0.25, 0.3) is 0 Å². The van der Waals surface area contributed by atoms with Crippen molar-refractivity contribution in [3.05, 3.63) is 29.6 Å². The van der Waals surface area contributed by atoms with Gasteiger partial charge in [0.05, 0.1) is 5.52 Å². The van der Waals surface area contributed by atoms with Gasteiger partial charge in [-0.3, -0.25) is 0 Å². The average Bonchev–Trinajstić information content (AvgIpc) is 2.98. The van der Waals surface area contributed by atoms with Crippen LogP contribution in [-0.4, -0.2) is 15.4 Å². The number of nitrogens with zero attached hydrogens (tertiary/aromatic N) is 2. The molecule has 0 spiro atoms. The molecule has 0 radical (unpaired) electrons. The van der Waals surface area contributed by atoms with E-state index in [0.29, 0.717) is 17.8 Å². The number of rotatable bonds is 4. The van der Waals surface area contributed by atoms with Crippen LogP contribution < -0.4 is 0 Å². The van der Waals surface area contributed by atoms with Crippen molar-refractivity contribution in [3.8, 4) is 0 Å². The first kappa shape index (κ1) is 14.8. The van der Waals surface area contributed by atoms with Gasteiger partial charge in [0.1, 0.15) is 17.2 Å². The van der Waals surface area contributed by atoms with E-state index in [1.807, 2.05) is 4.57 Å². The van der Waals surface area contributed by atoms with Crippen molar-refractivity contribution in [1.29, 1.82) is 0 Å². The van der Waals surface area contributed by atoms with Crippen molar-refractivity contribution in [1.82, 2.24) is 9.55 Å². The fraction of sp³-hybridized carbons (Fsp3) is 0.562. The molecular weight excluding hydrogens is 294 g/mol. The highest BCUT2D eigenvalue weighted by molar-refractivity contribution is 6.17. The molecule has 1 aromatic carbocycles. The van der Waals surface area contributed by atoms with E-state index < -0.39 is 11.6 Å². The van der Waals surface area contributed by atoms with Crippen LogP contribution in [0.3, 0.4) is 0 Å². The van der Waals surface area contributed by atoms with Crippen molar-refractivity contribution in [2.24, 2.45) is 5.41 Å². The first-order valence-electron chi connectivity index (χ1n) is 7.42. The van der Waals surface area contributed by atoms with Crippen LogP contribution in [0.25, 0.3) is 11.0 Å². The number of fused-ring (bicyclic) bond motifs is 1. The van der Waals surface area contributed by atoms with Crippen molar-refractivity contribution >= 4 is 22.6 Å². The van der Waals surface area contributed by atoms with Gasteiger partial charge in [-0.25, -0.2) is 13.8 Å². The highest BCUT2D eigenvalue weighted by atomic mass is 35.5. The third kappa shape index (κ3) is 2.78. The van der Waals surface area contributed by atoms with Crippen LogP contribution >= 0.6 is 11.6 Å². The topological polar surface area (TPSA) is 17.8 Å².